The number of anilines is 4. The maximum atomic E-state index is 12.0. The first-order valence-electron chi connectivity index (χ1n) is 10.9. The van der Waals surface area contributed by atoms with Crippen molar-refractivity contribution >= 4 is 40.8 Å². The van der Waals surface area contributed by atoms with Crippen LogP contribution in [0.2, 0.25) is 0 Å². The van der Waals surface area contributed by atoms with Gasteiger partial charge in [-0.2, -0.15) is 4.98 Å². The summed E-state index contributed by atoms with van der Waals surface area (Å²) in [7, 11) is 0. The van der Waals surface area contributed by atoms with Crippen LogP contribution >= 0.6 is 0 Å². The summed E-state index contributed by atoms with van der Waals surface area (Å²) in [6, 6.07) is 12.2. The molecule has 0 saturated heterocycles. The fourth-order valence-electron chi connectivity index (χ4n) is 3.60. The molecule has 0 amide bonds. The zero-order valence-corrected chi connectivity index (χ0v) is 19.1. The van der Waals surface area contributed by atoms with E-state index < -0.39 is 0 Å². The molecule has 3 aromatic rings. The molecule has 6 heteroatoms. The number of hydrogen-bond acceptors (Lipinski definition) is 6. The van der Waals surface area contributed by atoms with Gasteiger partial charge in [0.05, 0.1) is 5.70 Å². The molecule has 0 radical (unpaired) electrons. The van der Waals surface area contributed by atoms with E-state index >= 15 is 0 Å². The molecule has 2 N–H and O–H groups in total. The number of carbonyl (C=O) groups is 1. The Balaban J connectivity index is 1.61. The van der Waals surface area contributed by atoms with Crippen LogP contribution in [0.1, 0.15) is 34.2 Å². The Kier molecular flexibility index (Phi) is 6.45. The highest BCUT2D eigenvalue weighted by atomic mass is 16.1. The fraction of sp³-hybridized carbons (Fsp3) is 0.185. The minimum atomic E-state index is -0.0255. The van der Waals surface area contributed by atoms with Crippen molar-refractivity contribution < 1.29 is 4.79 Å². The summed E-state index contributed by atoms with van der Waals surface area (Å²) in [5.41, 5.74) is 7.78. The molecule has 4 rings (SSSR count). The van der Waals surface area contributed by atoms with Gasteiger partial charge in [-0.15, -0.1) is 0 Å². The molecule has 0 bridgehead atoms. The molecular formula is C27H27N5O. The van der Waals surface area contributed by atoms with Gasteiger partial charge in [0.25, 0.3) is 0 Å². The maximum Gasteiger partial charge on any atom is 0.229 e. The molecule has 0 unspecified atom stereocenters. The van der Waals surface area contributed by atoms with Crippen LogP contribution in [0.3, 0.4) is 0 Å². The predicted octanol–water partition coefficient (Wildman–Crippen LogP) is 6.00. The number of hydrogen-bond donors (Lipinski definition) is 2. The van der Waals surface area contributed by atoms with Crippen LogP contribution in [0, 0.1) is 20.8 Å². The van der Waals surface area contributed by atoms with Crippen LogP contribution in [0.5, 0.6) is 0 Å². The Labute approximate surface area is 194 Å². The molecule has 0 aliphatic carbocycles. The topological polar surface area (TPSA) is 79.3 Å². The van der Waals surface area contributed by atoms with Crippen LogP contribution in [0.15, 0.2) is 66.3 Å². The minimum Gasteiger partial charge on any atom is -0.340 e. The molecule has 166 valence electrons. The molecule has 2 aromatic carbocycles. The third-order valence-corrected chi connectivity index (χ3v) is 5.50. The van der Waals surface area contributed by atoms with E-state index in [0.717, 1.165) is 51.3 Å². The second kappa shape index (κ2) is 9.61. The largest absolute Gasteiger partial charge is 0.340 e. The number of aromatic nitrogens is 2. The van der Waals surface area contributed by atoms with E-state index in [4.69, 9.17) is 4.98 Å². The first-order chi connectivity index (χ1) is 15.9. The third kappa shape index (κ3) is 5.23. The Morgan fingerprint density at radius 3 is 2.67 bits per heavy atom. The van der Waals surface area contributed by atoms with Gasteiger partial charge in [0.2, 0.25) is 5.95 Å². The van der Waals surface area contributed by atoms with E-state index in [9.17, 15) is 4.79 Å². The van der Waals surface area contributed by atoms with Gasteiger partial charge in [-0.25, -0.2) is 4.98 Å². The Morgan fingerprint density at radius 1 is 1.06 bits per heavy atom. The van der Waals surface area contributed by atoms with E-state index in [1.807, 2.05) is 45.2 Å². The molecule has 33 heavy (non-hydrogen) atoms. The van der Waals surface area contributed by atoms with Crippen molar-refractivity contribution in [3.63, 3.8) is 0 Å². The number of nitrogens with one attached hydrogen (secondary N) is 2. The second-order valence-corrected chi connectivity index (χ2v) is 8.15. The number of rotatable bonds is 8. The lowest BCUT2D eigenvalue weighted by atomic mass is 10.0. The lowest BCUT2D eigenvalue weighted by molar-refractivity contribution is -0.114. The number of benzene rings is 2. The van der Waals surface area contributed by atoms with Gasteiger partial charge in [-0.3, -0.25) is 9.79 Å². The summed E-state index contributed by atoms with van der Waals surface area (Å²) in [4.78, 5) is 25.6. The minimum absolute atomic E-state index is 0.0255. The quantitative estimate of drug-likeness (QED) is 0.422. The monoisotopic (exact) mass is 437 g/mol. The molecule has 6 nitrogen and oxygen atoms in total. The van der Waals surface area contributed by atoms with E-state index in [1.165, 1.54) is 6.08 Å². The van der Waals surface area contributed by atoms with Crippen LogP contribution in [-0.4, -0.2) is 22.0 Å². The van der Waals surface area contributed by atoms with Crippen molar-refractivity contribution in [2.75, 3.05) is 10.6 Å². The van der Waals surface area contributed by atoms with Gasteiger partial charge in [-0.05, 0) is 50.1 Å². The SMILES string of the molecule is C=CC(=O)Cc1cc(C)ccc1Nc1nc(Nc2cc(C3=CCC=N3)ccc2C)ncc1C. The predicted molar refractivity (Wildman–Crippen MR) is 136 cm³/mol. The van der Waals surface area contributed by atoms with Crippen molar-refractivity contribution in [1.82, 2.24) is 9.97 Å². The van der Waals surface area contributed by atoms with Crippen molar-refractivity contribution in [2.45, 2.75) is 33.6 Å². The first kappa shape index (κ1) is 22.1. The Bertz CT molecular complexity index is 1290. The molecule has 1 aliphatic rings. The lowest BCUT2D eigenvalue weighted by Gasteiger charge is -2.15. The molecule has 0 atom stereocenters. The molecule has 0 spiro atoms. The summed E-state index contributed by atoms with van der Waals surface area (Å²) in [6.45, 7) is 9.59. The number of allylic oxidation sites excluding steroid dienone is 2. The van der Waals surface area contributed by atoms with Gasteiger partial charge in [0.1, 0.15) is 5.82 Å². The smallest absolute Gasteiger partial charge is 0.229 e. The molecule has 0 fully saturated rings. The van der Waals surface area contributed by atoms with Crippen molar-refractivity contribution in [3.8, 4) is 0 Å². The van der Waals surface area contributed by atoms with Crippen LogP contribution in [-0.2, 0) is 11.2 Å². The van der Waals surface area contributed by atoms with Gasteiger partial charge in [-0.1, -0.05) is 42.5 Å². The molecule has 2 heterocycles. The summed E-state index contributed by atoms with van der Waals surface area (Å²) >= 11 is 0. The fourth-order valence-corrected chi connectivity index (χ4v) is 3.60. The van der Waals surface area contributed by atoms with Crippen LogP contribution in [0.4, 0.5) is 23.1 Å². The van der Waals surface area contributed by atoms with Gasteiger partial charge >= 0.3 is 0 Å². The lowest BCUT2D eigenvalue weighted by Crippen LogP contribution is -2.07. The zero-order valence-electron chi connectivity index (χ0n) is 19.1. The number of ketones is 1. The molecule has 1 aliphatic heterocycles. The Morgan fingerprint density at radius 2 is 1.91 bits per heavy atom. The summed E-state index contributed by atoms with van der Waals surface area (Å²) in [6.07, 6.45) is 8.30. The van der Waals surface area contributed by atoms with Gasteiger partial charge in [0, 0.05) is 47.8 Å². The van der Waals surface area contributed by atoms with Gasteiger partial charge < -0.3 is 10.6 Å². The van der Waals surface area contributed by atoms with E-state index in [2.05, 4.69) is 51.5 Å². The summed E-state index contributed by atoms with van der Waals surface area (Å²) in [5.74, 6) is 1.14. The van der Waals surface area contributed by atoms with E-state index in [1.54, 1.807) is 6.20 Å². The summed E-state index contributed by atoms with van der Waals surface area (Å²) in [5, 5.41) is 6.73. The third-order valence-electron chi connectivity index (χ3n) is 5.50. The highest BCUT2D eigenvalue weighted by molar-refractivity contribution is 5.92. The normalized spacial score (nSPS) is 12.4. The van der Waals surface area contributed by atoms with Crippen LogP contribution < -0.4 is 10.6 Å². The van der Waals surface area contributed by atoms with Crippen LogP contribution in [0.25, 0.3) is 5.70 Å². The number of aliphatic imine (C=N–C) groups is 1. The van der Waals surface area contributed by atoms with Crippen molar-refractivity contribution in [1.29, 1.82) is 0 Å². The van der Waals surface area contributed by atoms with Crippen molar-refractivity contribution in [3.05, 3.63) is 89.1 Å². The molecule has 1 aromatic heterocycles. The average molecular weight is 438 g/mol. The number of aryl methyl sites for hydroxylation is 3. The average Bonchev–Trinajstić information content (AvgIpc) is 3.34. The van der Waals surface area contributed by atoms with Gasteiger partial charge in [0.15, 0.2) is 5.78 Å². The standard InChI is InChI=1S/C27H27N5O/c1-5-22(33)14-21-13-17(2)8-11-24(21)30-26-19(4)16-29-27(32-26)31-25-15-20(10-9-18(25)3)23-7-6-12-28-23/h5,7-13,15-16H,1,6,14H2,2-4H3,(H2,29,30,31,32). The number of carbonyl (C=O) groups excluding carboxylic acids is 1. The highest BCUT2D eigenvalue weighted by Gasteiger charge is 2.12. The number of nitrogens with zero attached hydrogens (tertiary/aromatic N) is 3. The highest BCUT2D eigenvalue weighted by Crippen LogP contribution is 2.28. The second-order valence-electron chi connectivity index (χ2n) is 8.15. The first-order valence-corrected chi connectivity index (χ1v) is 10.9. The van der Waals surface area contributed by atoms with E-state index in [0.29, 0.717) is 11.8 Å². The summed E-state index contributed by atoms with van der Waals surface area (Å²) < 4.78 is 0. The Hall–Kier alpha value is -4.06. The zero-order chi connectivity index (χ0) is 23.4. The van der Waals surface area contributed by atoms with E-state index in [-0.39, 0.29) is 12.2 Å². The van der Waals surface area contributed by atoms with Crippen molar-refractivity contribution in [2.24, 2.45) is 4.99 Å². The molecular weight excluding hydrogens is 410 g/mol. The maximum absolute atomic E-state index is 12.0. The molecule has 0 saturated carbocycles.